The smallest absolute Gasteiger partial charge is 0.171 e. The molecule has 0 aliphatic rings. The van der Waals surface area contributed by atoms with Gasteiger partial charge in [0.25, 0.3) is 0 Å². The number of thiocarbonyl (C=S) groups is 1. The lowest BCUT2D eigenvalue weighted by molar-refractivity contribution is 0.627. The molecule has 0 spiro atoms. The largest absolute Gasteiger partial charge is 0.358 e. The third kappa shape index (κ3) is 4.66. The number of hydrogen-bond donors (Lipinski definition) is 2. The van der Waals surface area contributed by atoms with Gasteiger partial charge in [-0.3, -0.25) is 0 Å². The molecule has 0 amide bonds. The molecule has 2 nitrogen and oxygen atoms in total. The highest BCUT2D eigenvalue weighted by atomic mass is 79.9. The first-order valence-electron chi connectivity index (χ1n) is 6.20. The van der Waals surface area contributed by atoms with E-state index < -0.39 is 0 Å². The molecule has 6 heteroatoms. The van der Waals surface area contributed by atoms with E-state index in [2.05, 4.69) is 26.6 Å². The maximum atomic E-state index is 13.0. The van der Waals surface area contributed by atoms with Gasteiger partial charge in [-0.25, -0.2) is 4.39 Å². The maximum absolute atomic E-state index is 13.0. The van der Waals surface area contributed by atoms with Crippen LogP contribution >= 0.6 is 39.7 Å². The van der Waals surface area contributed by atoms with Crippen LogP contribution in [0.25, 0.3) is 0 Å². The van der Waals surface area contributed by atoms with E-state index in [1.54, 1.807) is 6.07 Å². The highest BCUT2D eigenvalue weighted by Gasteiger charge is 2.04. The van der Waals surface area contributed by atoms with E-state index in [9.17, 15) is 4.39 Å². The summed E-state index contributed by atoms with van der Waals surface area (Å²) in [6.07, 6.45) is 0. The molecular formula is C15H13BrClFN2S. The number of hydrogen-bond acceptors (Lipinski definition) is 1. The van der Waals surface area contributed by atoms with E-state index >= 15 is 0 Å². The zero-order valence-corrected chi connectivity index (χ0v) is 14.4. The predicted molar refractivity (Wildman–Crippen MR) is 93.3 cm³/mol. The van der Waals surface area contributed by atoms with Crippen molar-refractivity contribution in [3.63, 3.8) is 0 Å². The van der Waals surface area contributed by atoms with E-state index in [4.69, 9.17) is 23.8 Å². The van der Waals surface area contributed by atoms with Crippen molar-refractivity contribution in [1.29, 1.82) is 0 Å². The Labute approximate surface area is 141 Å². The van der Waals surface area contributed by atoms with Gasteiger partial charge in [0.1, 0.15) is 5.82 Å². The van der Waals surface area contributed by atoms with Crippen LogP contribution in [-0.2, 0) is 6.54 Å². The van der Waals surface area contributed by atoms with E-state index in [0.717, 1.165) is 21.3 Å². The first-order chi connectivity index (χ1) is 9.95. The molecule has 0 fully saturated rings. The van der Waals surface area contributed by atoms with Gasteiger partial charge in [0.05, 0.1) is 0 Å². The first kappa shape index (κ1) is 16.2. The van der Waals surface area contributed by atoms with Crippen molar-refractivity contribution in [2.24, 2.45) is 0 Å². The van der Waals surface area contributed by atoms with Crippen molar-refractivity contribution in [2.45, 2.75) is 13.5 Å². The summed E-state index contributed by atoms with van der Waals surface area (Å²) in [4.78, 5) is 0. The van der Waals surface area contributed by atoms with Gasteiger partial charge in [-0.15, -0.1) is 0 Å². The summed E-state index contributed by atoms with van der Waals surface area (Å²) in [6.45, 7) is 2.44. The third-order valence-electron chi connectivity index (χ3n) is 2.87. The van der Waals surface area contributed by atoms with Crippen molar-refractivity contribution in [1.82, 2.24) is 5.32 Å². The van der Waals surface area contributed by atoms with E-state index in [1.165, 1.54) is 12.1 Å². The number of anilines is 1. The van der Waals surface area contributed by atoms with Crippen LogP contribution in [0.3, 0.4) is 0 Å². The molecule has 0 radical (unpaired) electrons. The molecule has 2 aromatic rings. The molecule has 0 saturated heterocycles. The molecular weight excluding hydrogens is 375 g/mol. The highest BCUT2D eigenvalue weighted by molar-refractivity contribution is 9.10. The quantitative estimate of drug-likeness (QED) is 0.722. The minimum Gasteiger partial charge on any atom is -0.358 e. The van der Waals surface area contributed by atoms with E-state index in [0.29, 0.717) is 16.7 Å². The summed E-state index contributed by atoms with van der Waals surface area (Å²) in [7, 11) is 0. The molecule has 0 aliphatic carbocycles. The standard InChI is InChI=1S/C15H13BrClFN2S/c1-9-6-12(4-5-13(9)16)20-15(21)19-8-10-2-3-11(18)7-14(10)17/h2-7H,8H2,1H3,(H2,19,20,21). The van der Waals surface area contributed by atoms with Crippen molar-refractivity contribution >= 4 is 50.5 Å². The Morgan fingerprint density at radius 1 is 1.29 bits per heavy atom. The van der Waals surface area contributed by atoms with Gasteiger partial charge in [0.2, 0.25) is 0 Å². The Morgan fingerprint density at radius 3 is 2.71 bits per heavy atom. The van der Waals surface area contributed by atoms with Gasteiger partial charge < -0.3 is 10.6 Å². The highest BCUT2D eigenvalue weighted by Crippen LogP contribution is 2.20. The van der Waals surface area contributed by atoms with Crippen LogP contribution in [0.2, 0.25) is 5.02 Å². The van der Waals surface area contributed by atoms with Crippen molar-refractivity contribution in [2.75, 3.05) is 5.32 Å². The molecule has 0 unspecified atom stereocenters. The fourth-order valence-electron chi connectivity index (χ4n) is 1.74. The molecule has 2 aromatic carbocycles. The second kappa shape index (κ2) is 7.20. The van der Waals surface area contributed by atoms with Crippen LogP contribution < -0.4 is 10.6 Å². The van der Waals surface area contributed by atoms with Gasteiger partial charge in [0.15, 0.2) is 5.11 Å². The number of rotatable bonds is 3. The molecule has 110 valence electrons. The normalized spacial score (nSPS) is 10.3. The van der Waals surface area contributed by atoms with Crippen LogP contribution in [0.4, 0.5) is 10.1 Å². The van der Waals surface area contributed by atoms with Gasteiger partial charge in [-0.1, -0.05) is 33.6 Å². The van der Waals surface area contributed by atoms with Gasteiger partial charge in [0, 0.05) is 21.7 Å². The molecule has 21 heavy (non-hydrogen) atoms. The van der Waals surface area contributed by atoms with Crippen LogP contribution in [0.5, 0.6) is 0 Å². The molecule has 2 N–H and O–H groups in total. The monoisotopic (exact) mass is 386 g/mol. The third-order valence-corrected chi connectivity index (χ3v) is 4.36. The zero-order chi connectivity index (χ0) is 15.4. The molecule has 0 bridgehead atoms. The molecule has 0 heterocycles. The summed E-state index contributed by atoms with van der Waals surface area (Å²) < 4.78 is 14.0. The Kier molecular flexibility index (Phi) is 5.56. The zero-order valence-electron chi connectivity index (χ0n) is 11.2. The Balaban J connectivity index is 1.94. The van der Waals surface area contributed by atoms with Crippen molar-refractivity contribution < 1.29 is 4.39 Å². The summed E-state index contributed by atoms with van der Waals surface area (Å²) >= 11 is 14.6. The number of aryl methyl sites for hydroxylation is 1. The molecule has 0 aromatic heterocycles. The summed E-state index contributed by atoms with van der Waals surface area (Å²) in [5.74, 6) is -0.352. The Morgan fingerprint density at radius 2 is 2.05 bits per heavy atom. The summed E-state index contributed by atoms with van der Waals surface area (Å²) in [6, 6.07) is 10.2. The van der Waals surface area contributed by atoms with Crippen molar-refractivity contribution in [3.8, 4) is 0 Å². The van der Waals surface area contributed by atoms with Crippen LogP contribution in [0.15, 0.2) is 40.9 Å². The summed E-state index contributed by atoms with van der Waals surface area (Å²) in [5.41, 5.74) is 2.80. The fraction of sp³-hybridized carbons (Fsp3) is 0.133. The number of nitrogens with one attached hydrogen (secondary N) is 2. The van der Waals surface area contributed by atoms with Gasteiger partial charge >= 0.3 is 0 Å². The summed E-state index contributed by atoms with van der Waals surface area (Å²) in [5, 5.41) is 7.00. The van der Waals surface area contributed by atoms with Crippen LogP contribution in [-0.4, -0.2) is 5.11 Å². The van der Waals surface area contributed by atoms with Crippen LogP contribution in [0.1, 0.15) is 11.1 Å². The topological polar surface area (TPSA) is 24.1 Å². The lowest BCUT2D eigenvalue weighted by Crippen LogP contribution is -2.28. The second-order valence-corrected chi connectivity index (χ2v) is 6.18. The van der Waals surface area contributed by atoms with E-state index in [1.807, 2.05) is 25.1 Å². The predicted octanol–water partition coefficient (Wildman–Crippen LogP) is 5.04. The average Bonchev–Trinajstić information content (AvgIpc) is 2.42. The Hall–Kier alpha value is -1.17. The first-order valence-corrected chi connectivity index (χ1v) is 7.78. The SMILES string of the molecule is Cc1cc(NC(=S)NCc2ccc(F)cc2Cl)ccc1Br. The van der Waals surface area contributed by atoms with Crippen molar-refractivity contribution in [3.05, 3.63) is 62.8 Å². The molecule has 0 atom stereocenters. The van der Waals surface area contributed by atoms with Crippen LogP contribution in [0, 0.1) is 12.7 Å². The maximum Gasteiger partial charge on any atom is 0.171 e. The Bertz CT molecular complexity index is 679. The lowest BCUT2D eigenvalue weighted by atomic mass is 10.2. The average molecular weight is 388 g/mol. The number of halogens is 3. The molecule has 0 aliphatic heterocycles. The lowest BCUT2D eigenvalue weighted by Gasteiger charge is -2.12. The molecule has 0 saturated carbocycles. The van der Waals surface area contributed by atoms with Gasteiger partial charge in [-0.05, 0) is 60.6 Å². The number of benzene rings is 2. The van der Waals surface area contributed by atoms with Gasteiger partial charge in [-0.2, -0.15) is 0 Å². The molecule has 2 rings (SSSR count). The minimum atomic E-state index is -0.352. The fourth-order valence-corrected chi connectivity index (χ4v) is 2.41. The minimum absolute atomic E-state index is 0.352. The second-order valence-electron chi connectivity index (χ2n) is 4.51. The van der Waals surface area contributed by atoms with E-state index in [-0.39, 0.29) is 5.82 Å².